The first-order valence-electron chi connectivity index (χ1n) is 8.79. The standard InChI is InChI=1S/C19H23F5O2/c1-2-3-4-5-6-7-8-9-10-11-12-13(25)26-19-17(23)15(21)14(20)16(22)18(19)24/h11-12H,2-10H2,1H3. The Labute approximate surface area is 150 Å². The first kappa shape index (κ1) is 22.1. The molecule has 0 bridgehead atoms. The van der Waals surface area contributed by atoms with Gasteiger partial charge < -0.3 is 4.74 Å². The summed E-state index contributed by atoms with van der Waals surface area (Å²) in [7, 11) is 0. The van der Waals surface area contributed by atoms with E-state index < -0.39 is 40.8 Å². The third-order valence-corrected chi connectivity index (χ3v) is 3.85. The number of benzene rings is 1. The lowest BCUT2D eigenvalue weighted by atomic mass is 10.1. The van der Waals surface area contributed by atoms with Crippen molar-refractivity contribution in [1.82, 2.24) is 0 Å². The topological polar surface area (TPSA) is 26.3 Å². The van der Waals surface area contributed by atoms with Gasteiger partial charge in [-0.25, -0.2) is 18.0 Å². The van der Waals surface area contributed by atoms with Crippen LogP contribution in [-0.2, 0) is 4.79 Å². The van der Waals surface area contributed by atoms with Gasteiger partial charge >= 0.3 is 5.97 Å². The van der Waals surface area contributed by atoms with Gasteiger partial charge in [-0.05, 0) is 12.8 Å². The molecule has 7 heteroatoms. The van der Waals surface area contributed by atoms with Crippen molar-refractivity contribution in [2.45, 2.75) is 64.7 Å². The van der Waals surface area contributed by atoms with Crippen LogP contribution in [0.3, 0.4) is 0 Å². The van der Waals surface area contributed by atoms with E-state index in [1.165, 1.54) is 31.8 Å². The van der Waals surface area contributed by atoms with Crippen molar-refractivity contribution in [3.05, 3.63) is 41.2 Å². The molecule has 0 saturated carbocycles. The molecular weight excluding hydrogens is 355 g/mol. The minimum Gasteiger partial charge on any atom is -0.417 e. The molecule has 0 aliphatic carbocycles. The first-order chi connectivity index (χ1) is 12.4. The summed E-state index contributed by atoms with van der Waals surface area (Å²) in [4.78, 5) is 11.5. The molecule has 1 aromatic rings. The molecule has 2 nitrogen and oxygen atoms in total. The second-order valence-corrected chi connectivity index (χ2v) is 5.99. The molecule has 0 saturated heterocycles. The summed E-state index contributed by atoms with van der Waals surface area (Å²) in [5.74, 6) is -13.8. The van der Waals surface area contributed by atoms with E-state index >= 15 is 0 Å². The minimum atomic E-state index is -2.30. The Kier molecular flexibility index (Phi) is 9.91. The van der Waals surface area contributed by atoms with Gasteiger partial charge in [0.05, 0.1) is 0 Å². The van der Waals surface area contributed by atoms with Gasteiger partial charge in [-0.1, -0.05) is 57.9 Å². The summed E-state index contributed by atoms with van der Waals surface area (Å²) in [6, 6.07) is 0. The average molecular weight is 378 g/mol. The maximum Gasteiger partial charge on any atom is 0.336 e. The Balaban J connectivity index is 2.38. The molecule has 1 rings (SSSR count). The van der Waals surface area contributed by atoms with Crippen LogP contribution >= 0.6 is 0 Å². The summed E-state index contributed by atoms with van der Waals surface area (Å²) in [6.45, 7) is 2.16. The molecule has 0 aliphatic heterocycles. The molecule has 0 fully saturated rings. The van der Waals surface area contributed by atoms with Gasteiger partial charge in [0.1, 0.15) is 0 Å². The van der Waals surface area contributed by atoms with Crippen molar-refractivity contribution < 1.29 is 31.5 Å². The van der Waals surface area contributed by atoms with Crippen molar-refractivity contribution in [1.29, 1.82) is 0 Å². The molecule has 146 valence electrons. The molecule has 1 aromatic carbocycles. The van der Waals surface area contributed by atoms with E-state index in [-0.39, 0.29) is 0 Å². The first-order valence-corrected chi connectivity index (χ1v) is 8.79. The third kappa shape index (κ3) is 6.77. The van der Waals surface area contributed by atoms with Gasteiger partial charge in [-0.15, -0.1) is 0 Å². The number of hydrogen-bond acceptors (Lipinski definition) is 2. The highest BCUT2D eigenvalue weighted by Crippen LogP contribution is 2.29. The fourth-order valence-corrected chi connectivity index (χ4v) is 2.38. The molecule has 0 heterocycles. The predicted octanol–water partition coefficient (Wildman–Crippen LogP) is 6.37. The monoisotopic (exact) mass is 378 g/mol. The van der Waals surface area contributed by atoms with Crippen LogP contribution in [-0.4, -0.2) is 5.97 Å². The number of ether oxygens (including phenoxy) is 1. The Hall–Kier alpha value is -1.92. The van der Waals surface area contributed by atoms with E-state index in [0.717, 1.165) is 31.8 Å². The Morgan fingerprint density at radius 1 is 0.769 bits per heavy atom. The van der Waals surface area contributed by atoms with Crippen LogP contribution in [0.5, 0.6) is 5.75 Å². The highest BCUT2D eigenvalue weighted by Gasteiger charge is 2.28. The van der Waals surface area contributed by atoms with Crippen molar-refractivity contribution >= 4 is 5.97 Å². The summed E-state index contributed by atoms with van der Waals surface area (Å²) < 4.78 is 69.9. The molecule has 0 radical (unpaired) electrons. The fraction of sp³-hybridized carbons (Fsp3) is 0.526. The molecule has 0 unspecified atom stereocenters. The second-order valence-electron chi connectivity index (χ2n) is 5.99. The highest BCUT2D eigenvalue weighted by molar-refractivity contribution is 5.84. The van der Waals surface area contributed by atoms with Crippen LogP contribution in [0.1, 0.15) is 64.7 Å². The number of rotatable bonds is 11. The Bertz CT molecular complexity index is 600. The maximum atomic E-state index is 13.4. The van der Waals surface area contributed by atoms with Gasteiger partial charge in [0.15, 0.2) is 0 Å². The van der Waals surface area contributed by atoms with Gasteiger partial charge in [-0.3, -0.25) is 0 Å². The van der Waals surface area contributed by atoms with Crippen LogP contribution < -0.4 is 4.74 Å². The van der Waals surface area contributed by atoms with Crippen LogP contribution in [0.4, 0.5) is 22.0 Å². The van der Waals surface area contributed by atoms with E-state index in [2.05, 4.69) is 11.7 Å². The number of hydrogen-bond donors (Lipinski definition) is 0. The van der Waals surface area contributed by atoms with Crippen LogP contribution in [0, 0.1) is 29.1 Å². The van der Waals surface area contributed by atoms with E-state index in [4.69, 9.17) is 0 Å². The van der Waals surface area contributed by atoms with Crippen molar-refractivity contribution in [3.8, 4) is 5.75 Å². The van der Waals surface area contributed by atoms with Gasteiger partial charge in [-0.2, -0.15) is 8.78 Å². The summed E-state index contributed by atoms with van der Waals surface area (Å²) in [5, 5.41) is 0. The molecule has 0 amide bonds. The van der Waals surface area contributed by atoms with Gasteiger partial charge in [0.25, 0.3) is 0 Å². The fourth-order valence-electron chi connectivity index (χ4n) is 2.38. The largest absolute Gasteiger partial charge is 0.417 e. The lowest BCUT2D eigenvalue weighted by Crippen LogP contribution is -2.11. The zero-order valence-corrected chi connectivity index (χ0v) is 14.7. The molecule has 0 spiro atoms. The lowest BCUT2D eigenvalue weighted by molar-refractivity contribution is -0.129. The van der Waals surface area contributed by atoms with E-state index in [1.807, 2.05) is 0 Å². The van der Waals surface area contributed by atoms with Crippen LogP contribution in [0.15, 0.2) is 12.2 Å². The third-order valence-electron chi connectivity index (χ3n) is 3.85. The number of carbonyl (C=O) groups is 1. The summed E-state index contributed by atoms with van der Waals surface area (Å²) >= 11 is 0. The zero-order chi connectivity index (χ0) is 19.5. The molecule has 0 aromatic heterocycles. The summed E-state index contributed by atoms with van der Waals surface area (Å²) in [6.07, 6.45) is 11.9. The average Bonchev–Trinajstić information content (AvgIpc) is 2.63. The van der Waals surface area contributed by atoms with Gasteiger partial charge in [0, 0.05) is 6.08 Å². The smallest absolute Gasteiger partial charge is 0.336 e. The highest BCUT2D eigenvalue weighted by atomic mass is 19.2. The normalized spacial score (nSPS) is 11.3. The predicted molar refractivity (Wildman–Crippen MR) is 88.2 cm³/mol. The van der Waals surface area contributed by atoms with Crippen LogP contribution in [0.25, 0.3) is 0 Å². The molecule has 0 atom stereocenters. The van der Waals surface area contributed by atoms with Crippen molar-refractivity contribution in [2.75, 3.05) is 0 Å². The van der Waals surface area contributed by atoms with Crippen molar-refractivity contribution in [2.24, 2.45) is 0 Å². The maximum absolute atomic E-state index is 13.4. The number of esters is 1. The molecule has 26 heavy (non-hydrogen) atoms. The minimum absolute atomic E-state index is 0.557. The van der Waals surface area contributed by atoms with Gasteiger partial charge in [0.2, 0.25) is 34.8 Å². The number of allylic oxidation sites excluding steroid dienone is 1. The molecule has 0 N–H and O–H groups in total. The van der Waals surface area contributed by atoms with Crippen LogP contribution in [0.2, 0.25) is 0 Å². The Morgan fingerprint density at radius 3 is 1.77 bits per heavy atom. The van der Waals surface area contributed by atoms with E-state index in [0.29, 0.717) is 6.42 Å². The van der Waals surface area contributed by atoms with E-state index in [9.17, 15) is 26.7 Å². The SMILES string of the molecule is CCCCCCCCCCC=CC(=O)Oc1c(F)c(F)c(F)c(F)c1F. The Morgan fingerprint density at radius 2 is 1.23 bits per heavy atom. The lowest BCUT2D eigenvalue weighted by Gasteiger charge is -2.07. The number of unbranched alkanes of at least 4 members (excludes halogenated alkanes) is 8. The summed E-state index contributed by atoms with van der Waals surface area (Å²) in [5.41, 5.74) is 0. The van der Waals surface area contributed by atoms with E-state index in [1.54, 1.807) is 0 Å². The van der Waals surface area contributed by atoms with Crippen molar-refractivity contribution in [3.63, 3.8) is 0 Å². The quantitative estimate of drug-likeness (QED) is 0.0850. The number of halogens is 5. The molecular formula is C19H23F5O2. The number of carbonyl (C=O) groups excluding carboxylic acids is 1. The second kappa shape index (κ2) is 11.6. The molecule has 0 aliphatic rings. The zero-order valence-electron chi connectivity index (χ0n) is 14.7.